The van der Waals surface area contributed by atoms with Crippen molar-refractivity contribution in [2.24, 2.45) is 5.41 Å². The lowest BCUT2D eigenvalue weighted by Crippen LogP contribution is -2.51. The number of piperidine rings is 1. The maximum Gasteiger partial charge on any atom is 0.314 e. The fourth-order valence-corrected chi connectivity index (χ4v) is 4.36. The number of amides is 1. The Hall–Kier alpha value is -2.21. The topological polar surface area (TPSA) is 59.5 Å². The van der Waals surface area contributed by atoms with E-state index in [1.807, 2.05) is 26.0 Å². The van der Waals surface area contributed by atoms with Gasteiger partial charge in [0.1, 0.15) is 5.69 Å². The maximum atomic E-state index is 13.0. The van der Waals surface area contributed by atoms with Crippen LogP contribution in [0.3, 0.4) is 0 Å². The third kappa shape index (κ3) is 4.21. The van der Waals surface area contributed by atoms with Gasteiger partial charge < -0.3 is 9.64 Å². The number of ether oxygens (including phenoxy) is 1. The number of aromatic nitrogens is 1. The van der Waals surface area contributed by atoms with Crippen molar-refractivity contribution in [3.63, 3.8) is 0 Å². The van der Waals surface area contributed by atoms with Crippen LogP contribution in [0.1, 0.15) is 46.4 Å². The minimum Gasteiger partial charge on any atom is -0.466 e. The molecule has 2 heterocycles. The normalized spacial score (nSPS) is 19.7. The standard InChI is InChI=1S/C21H26N2O3S/c1-4-26-20(25)21(12-17-9-6-5-8-15(17)2)10-7-11-23(14-21)19(24)18-13-27-16(3)22-18/h5-6,8-9,13H,4,7,10-12,14H2,1-3H3. The Kier molecular flexibility index (Phi) is 5.95. The van der Waals surface area contributed by atoms with Crippen LogP contribution in [0.25, 0.3) is 0 Å². The summed E-state index contributed by atoms with van der Waals surface area (Å²) in [5.74, 6) is -0.308. The fraction of sp³-hybridized carbons (Fsp3) is 0.476. The molecule has 1 atom stereocenters. The van der Waals surface area contributed by atoms with Crippen molar-refractivity contribution in [3.8, 4) is 0 Å². The highest BCUT2D eigenvalue weighted by Crippen LogP contribution is 2.36. The van der Waals surface area contributed by atoms with Gasteiger partial charge in [-0.15, -0.1) is 11.3 Å². The van der Waals surface area contributed by atoms with Gasteiger partial charge >= 0.3 is 5.97 Å². The van der Waals surface area contributed by atoms with Gasteiger partial charge in [-0.05, 0) is 51.2 Å². The van der Waals surface area contributed by atoms with Gasteiger partial charge in [-0.3, -0.25) is 9.59 Å². The number of carbonyl (C=O) groups excluding carboxylic acids is 2. The summed E-state index contributed by atoms with van der Waals surface area (Å²) in [4.78, 5) is 32.0. The van der Waals surface area contributed by atoms with Crippen LogP contribution in [0, 0.1) is 19.3 Å². The van der Waals surface area contributed by atoms with Gasteiger partial charge in [0.05, 0.1) is 17.0 Å². The zero-order valence-corrected chi connectivity index (χ0v) is 17.0. The second-order valence-corrected chi connectivity index (χ2v) is 8.25. The van der Waals surface area contributed by atoms with Crippen molar-refractivity contribution in [1.29, 1.82) is 0 Å². The van der Waals surface area contributed by atoms with Crippen molar-refractivity contribution in [2.75, 3.05) is 19.7 Å². The largest absolute Gasteiger partial charge is 0.466 e. The molecule has 27 heavy (non-hydrogen) atoms. The second kappa shape index (κ2) is 8.21. The van der Waals surface area contributed by atoms with Gasteiger partial charge in [-0.1, -0.05) is 24.3 Å². The third-order valence-corrected chi connectivity index (χ3v) is 5.97. The number of esters is 1. The predicted molar refractivity (Wildman–Crippen MR) is 106 cm³/mol. The van der Waals surface area contributed by atoms with E-state index in [0.29, 0.717) is 31.8 Å². The lowest BCUT2D eigenvalue weighted by Gasteiger charge is -2.41. The van der Waals surface area contributed by atoms with Gasteiger partial charge in [-0.25, -0.2) is 4.98 Å². The van der Waals surface area contributed by atoms with Crippen LogP contribution in [0.4, 0.5) is 0 Å². The van der Waals surface area contributed by atoms with Gasteiger partial charge in [0.25, 0.3) is 5.91 Å². The Morgan fingerprint density at radius 1 is 1.30 bits per heavy atom. The third-order valence-electron chi connectivity index (χ3n) is 5.20. The van der Waals surface area contributed by atoms with E-state index in [-0.39, 0.29) is 11.9 Å². The number of carbonyl (C=O) groups is 2. The molecule has 0 saturated carbocycles. The summed E-state index contributed by atoms with van der Waals surface area (Å²) in [6.45, 7) is 7.12. The maximum absolute atomic E-state index is 13.0. The summed E-state index contributed by atoms with van der Waals surface area (Å²) in [5, 5.41) is 2.66. The van der Waals surface area contributed by atoms with E-state index in [4.69, 9.17) is 4.74 Å². The van der Waals surface area contributed by atoms with Crippen LogP contribution in [0.5, 0.6) is 0 Å². The zero-order valence-electron chi connectivity index (χ0n) is 16.2. The second-order valence-electron chi connectivity index (χ2n) is 7.19. The molecule has 1 fully saturated rings. The molecule has 2 aromatic rings. The number of benzene rings is 1. The Balaban J connectivity index is 1.89. The van der Waals surface area contributed by atoms with E-state index in [0.717, 1.165) is 29.0 Å². The van der Waals surface area contributed by atoms with Gasteiger partial charge in [-0.2, -0.15) is 0 Å². The summed E-state index contributed by atoms with van der Waals surface area (Å²) in [6.07, 6.45) is 2.08. The molecular formula is C21H26N2O3S. The Morgan fingerprint density at radius 3 is 2.74 bits per heavy atom. The molecule has 1 aliphatic rings. The van der Waals surface area contributed by atoms with E-state index in [9.17, 15) is 9.59 Å². The lowest BCUT2D eigenvalue weighted by molar-refractivity contribution is -0.158. The molecule has 0 bridgehead atoms. The minimum absolute atomic E-state index is 0.0995. The lowest BCUT2D eigenvalue weighted by atomic mass is 9.74. The van der Waals surface area contributed by atoms with E-state index in [1.54, 1.807) is 10.3 Å². The Morgan fingerprint density at radius 2 is 2.07 bits per heavy atom. The first-order valence-corrected chi connectivity index (χ1v) is 10.3. The van der Waals surface area contributed by atoms with Crippen LogP contribution >= 0.6 is 11.3 Å². The van der Waals surface area contributed by atoms with Crippen molar-refractivity contribution in [2.45, 2.75) is 40.0 Å². The van der Waals surface area contributed by atoms with Crippen molar-refractivity contribution >= 4 is 23.2 Å². The Bertz CT molecular complexity index is 832. The number of rotatable bonds is 5. The number of hydrogen-bond acceptors (Lipinski definition) is 5. The summed E-state index contributed by atoms with van der Waals surface area (Å²) in [5.41, 5.74) is 2.04. The molecule has 6 heteroatoms. The highest BCUT2D eigenvalue weighted by Gasteiger charge is 2.45. The van der Waals surface area contributed by atoms with Crippen molar-refractivity contribution in [1.82, 2.24) is 9.88 Å². The quantitative estimate of drug-likeness (QED) is 0.734. The number of thiazole rings is 1. The first kappa shape index (κ1) is 19.5. The monoisotopic (exact) mass is 386 g/mol. The van der Waals surface area contributed by atoms with E-state index < -0.39 is 5.41 Å². The van der Waals surface area contributed by atoms with Crippen molar-refractivity contribution in [3.05, 3.63) is 51.5 Å². The molecule has 0 N–H and O–H groups in total. The summed E-state index contributed by atoms with van der Waals surface area (Å²) in [6, 6.07) is 8.10. The summed E-state index contributed by atoms with van der Waals surface area (Å²) < 4.78 is 5.44. The SMILES string of the molecule is CCOC(=O)C1(Cc2ccccc2C)CCCN(C(=O)c2csc(C)n2)C1. The summed E-state index contributed by atoms with van der Waals surface area (Å²) in [7, 11) is 0. The smallest absolute Gasteiger partial charge is 0.314 e. The van der Waals surface area contributed by atoms with E-state index >= 15 is 0 Å². The fourth-order valence-electron chi connectivity index (χ4n) is 3.77. The number of hydrogen-bond donors (Lipinski definition) is 0. The average molecular weight is 387 g/mol. The molecule has 0 radical (unpaired) electrons. The van der Waals surface area contributed by atoms with Crippen LogP contribution in [-0.4, -0.2) is 41.5 Å². The molecule has 1 saturated heterocycles. The molecule has 1 unspecified atom stereocenters. The van der Waals surface area contributed by atoms with Gasteiger partial charge in [0, 0.05) is 18.5 Å². The van der Waals surface area contributed by atoms with Gasteiger partial charge in [0.2, 0.25) is 0 Å². The zero-order chi connectivity index (χ0) is 19.4. The molecule has 1 amide bonds. The molecule has 144 valence electrons. The average Bonchev–Trinajstić information content (AvgIpc) is 3.10. The summed E-state index contributed by atoms with van der Waals surface area (Å²) >= 11 is 1.47. The van der Waals surface area contributed by atoms with Crippen LogP contribution in [0.2, 0.25) is 0 Å². The Labute approximate surface area is 164 Å². The van der Waals surface area contributed by atoms with Gasteiger partial charge in [0.15, 0.2) is 0 Å². The first-order valence-electron chi connectivity index (χ1n) is 9.38. The molecule has 0 aliphatic carbocycles. The molecule has 0 spiro atoms. The van der Waals surface area contributed by atoms with Crippen LogP contribution < -0.4 is 0 Å². The molecular weight excluding hydrogens is 360 g/mol. The molecule has 1 aliphatic heterocycles. The molecule has 1 aromatic heterocycles. The molecule has 3 rings (SSSR count). The molecule has 1 aromatic carbocycles. The highest BCUT2D eigenvalue weighted by atomic mass is 32.1. The highest BCUT2D eigenvalue weighted by molar-refractivity contribution is 7.09. The van der Waals surface area contributed by atoms with Crippen molar-refractivity contribution < 1.29 is 14.3 Å². The molecule has 5 nitrogen and oxygen atoms in total. The minimum atomic E-state index is -0.707. The van der Waals surface area contributed by atoms with Crippen LogP contribution in [0.15, 0.2) is 29.6 Å². The van der Waals surface area contributed by atoms with E-state index in [1.165, 1.54) is 11.3 Å². The number of aryl methyl sites for hydroxylation is 2. The predicted octanol–water partition coefficient (Wildman–Crippen LogP) is 3.79. The van der Waals surface area contributed by atoms with Crippen LogP contribution in [-0.2, 0) is 16.0 Å². The number of likely N-dealkylation sites (tertiary alicyclic amines) is 1. The number of nitrogens with zero attached hydrogens (tertiary/aromatic N) is 2. The first-order chi connectivity index (χ1) is 12.9. The van der Waals surface area contributed by atoms with E-state index in [2.05, 4.69) is 24.0 Å².